The topological polar surface area (TPSA) is 41.1 Å². The number of carbonyl (C=O) groups is 1. The van der Waals surface area contributed by atoms with Gasteiger partial charge in [-0.05, 0) is 49.9 Å². The Balaban J connectivity index is 0.00000220. The van der Waals surface area contributed by atoms with Crippen LogP contribution >= 0.6 is 12.4 Å². The molecule has 0 aliphatic carbocycles. The van der Waals surface area contributed by atoms with Gasteiger partial charge in [0.25, 0.3) is 0 Å². The number of benzene rings is 1. The third kappa shape index (κ3) is 5.25. The van der Waals surface area contributed by atoms with Crippen LogP contribution in [0.4, 0.5) is 14.5 Å². The molecular formula is C15H21ClF2N2O. The van der Waals surface area contributed by atoms with Gasteiger partial charge in [0.15, 0.2) is 0 Å². The van der Waals surface area contributed by atoms with Crippen LogP contribution in [0.5, 0.6) is 0 Å². The van der Waals surface area contributed by atoms with Crippen LogP contribution in [0.1, 0.15) is 26.2 Å². The first-order valence-corrected chi connectivity index (χ1v) is 7.02. The maximum atomic E-state index is 13.4. The zero-order valence-corrected chi connectivity index (χ0v) is 12.8. The molecule has 2 N–H and O–H groups in total. The van der Waals surface area contributed by atoms with E-state index in [0.717, 1.165) is 38.1 Å². The molecule has 1 amide bonds. The van der Waals surface area contributed by atoms with Gasteiger partial charge in [-0.1, -0.05) is 6.92 Å². The van der Waals surface area contributed by atoms with Crippen molar-refractivity contribution >= 4 is 24.0 Å². The summed E-state index contributed by atoms with van der Waals surface area (Å²) in [6.07, 6.45) is 2.50. The zero-order chi connectivity index (χ0) is 14.5. The molecule has 1 aliphatic heterocycles. The summed E-state index contributed by atoms with van der Waals surface area (Å²) in [7, 11) is 0. The van der Waals surface area contributed by atoms with Crippen molar-refractivity contribution in [1.82, 2.24) is 5.32 Å². The fraction of sp³-hybridized carbons (Fsp3) is 0.533. The van der Waals surface area contributed by atoms with Crippen molar-refractivity contribution in [3.8, 4) is 0 Å². The van der Waals surface area contributed by atoms with Crippen molar-refractivity contribution in [3.63, 3.8) is 0 Å². The van der Waals surface area contributed by atoms with Crippen molar-refractivity contribution in [2.24, 2.45) is 11.8 Å². The lowest BCUT2D eigenvalue weighted by Crippen LogP contribution is -2.32. The fourth-order valence-corrected chi connectivity index (χ4v) is 2.66. The molecule has 1 atom stereocenters. The molecule has 2 rings (SSSR count). The van der Waals surface area contributed by atoms with Crippen LogP contribution in [-0.2, 0) is 4.79 Å². The first-order valence-electron chi connectivity index (χ1n) is 7.02. The van der Waals surface area contributed by atoms with Crippen molar-refractivity contribution in [2.75, 3.05) is 18.4 Å². The predicted octanol–water partition coefficient (Wildman–Crippen LogP) is 3.35. The Bertz CT molecular complexity index is 479. The van der Waals surface area contributed by atoms with Crippen LogP contribution < -0.4 is 10.6 Å². The van der Waals surface area contributed by atoms with Crippen LogP contribution in [0.3, 0.4) is 0 Å². The molecule has 6 heteroatoms. The minimum atomic E-state index is -0.743. The maximum Gasteiger partial charge on any atom is 0.224 e. The SMILES string of the molecule is CC(CC(=O)Nc1ccc(F)cc1F)C1CCNCC1.Cl. The van der Waals surface area contributed by atoms with Crippen molar-refractivity contribution in [3.05, 3.63) is 29.8 Å². The number of carbonyl (C=O) groups excluding carboxylic acids is 1. The Labute approximate surface area is 129 Å². The highest BCUT2D eigenvalue weighted by Crippen LogP contribution is 2.25. The molecule has 1 heterocycles. The zero-order valence-electron chi connectivity index (χ0n) is 12.0. The fourth-order valence-electron chi connectivity index (χ4n) is 2.66. The summed E-state index contributed by atoms with van der Waals surface area (Å²) in [5.41, 5.74) is 0.0360. The van der Waals surface area contributed by atoms with Crippen molar-refractivity contribution in [1.29, 1.82) is 0 Å². The second-order valence-electron chi connectivity index (χ2n) is 5.44. The van der Waals surface area contributed by atoms with Gasteiger partial charge in [0.1, 0.15) is 11.6 Å². The number of anilines is 1. The van der Waals surface area contributed by atoms with Crippen LogP contribution in [0.15, 0.2) is 18.2 Å². The van der Waals surface area contributed by atoms with Gasteiger partial charge in [-0.15, -0.1) is 12.4 Å². The molecule has 21 heavy (non-hydrogen) atoms. The molecule has 0 aromatic heterocycles. The van der Waals surface area contributed by atoms with Gasteiger partial charge < -0.3 is 10.6 Å². The maximum absolute atomic E-state index is 13.4. The Morgan fingerprint density at radius 3 is 2.67 bits per heavy atom. The van der Waals surface area contributed by atoms with E-state index in [0.29, 0.717) is 12.3 Å². The van der Waals surface area contributed by atoms with Gasteiger partial charge in [-0.25, -0.2) is 8.78 Å². The van der Waals surface area contributed by atoms with Gasteiger partial charge in [-0.2, -0.15) is 0 Å². The van der Waals surface area contributed by atoms with E-state index in [2.05, 4.69) is 17.6 Å². The minimum absolute atomic E-state index is 0. The van der Waals surface area contributed by atoms with E-state index in [1.807, 2.05) is 0 Å². The molecule has 0 saturated carbocycles. The van der Waals surface area contributed by atoms with Gasteiger partial charge >= 0.3 is 0 Å². The molecule has 118 valence electrons. The second kappa shape index (κ2) is 8.29. The summed E-state index contributed by atoms with van der Waals surface area (Å²) in [6.45, 7) is 4.03. The predicted molar refractivity (Wildman–Crippen MR) is 81.6 cm³/mol. The van der Waals surface area contributed by atoms with E-state index in [-0.39, 0.29) is 29.9 Å². The Morgan fingerprint density at radius 2 is 2.05 bits per heavy atom. The Hall–Kier alpha value is -1.20. The first-order chi connectivity index (χ1) is 9.56. The Morgan fingerprint density at radius 1 is 1.38 bits per heavy atom. The summed E-state index contributed by atoms with van der Waals surface area (Å²) >= 11 is 0. The number of halogens is 3. The third-order valence-electron chi connectivity index (χ3n) is 3.90. The Kier molecular flexibility index (Phi) is 7.05. The molecule has 0 bridgehead atoms. The molecule has 1 unspecified atom stereocenters. The summed E-state index contributed by atoms with van der Waals surface area (Å²) in [5.74, 6) is -0.821. The van der Waals surface area contributed by atoms with E-state index >= 15 is 0 Å². The van der Waals surface area contributed by atoms with Crippen molar-refractivity contribution in [2.45, 2.75) is 26.2 Å². The summed E-state index contributed by atoms with van der Waals surface area (Å²) < 4.78 is 26.2. The van der Waals surface area contributed by atoms with E-state index in [1.165, 1.54) is 6.07 Å². The van der Waals surface area contributed by atoms with Gasteiger partial charge in [-0.3, -0.25) is 4.79 Å². The van der Waals surface area contributed by atoms with Gasteiger partial charge in [0.2, 0.25) is 5.91 Å². The molecule has 1 aromatic carbocycles. The largest absolute Gasteiger partial charge is 0.324 e. The summed E-state index contributed by atoms with van der Waals surface area (Å²) in [6, 6.07) is 3.15. The number of rotatable bonds is 4. The number of piperidine rings is 1. The second-order valence-corrected chi connectivity index (χ2v) is 5.44. The number of hydrogen-bond donors (Lipinski definition) is 2. The summed E-state index contributed by atoms with van der Waals surface area (Å²) in [4.78, 5) is 11.9. The van der Waals surface area contributed by atoms with E-state index in [4.69, 9.17) is 0 Å². The molecule has 1 aromatic rings. The summed E-state index contributed by atoms with van der Waals surface area (Å²) in [5, 5.41) is 5.80. The molecule has 3 nitrogen and oxygen atoms in total. The monoisotopic (exact) mass is 318 g/mol. The van der Waals surface area contributed by atoms with E-state index in [1.54, 1.807) is 0 Å². The lowest BCUT2D eigenvalue weighted by atomic mass is 9.84. The van der Waals surface area contributed by atoms with E-state index in [9.17, 15) is 13.6 Å². The lowest BCUT2D eigenvalue weighted by Gasteiger charge is -2.27. The highest BCUT2D eigenvalue weighted by atomic mass is 35.5. The number of hydrogen-bond acceptors (Lipinski definition) is 2. The van der Waals surface area contributed by atoms with Gasteiger partial charge in [0, 0.05) is 12.5 Å². The van der Waals surface area contributed by atoms with E-state index < -0.39 is 11.6 Å². The van der Waals surface area contributed by atoms with Crippen LogP contribution in [0, 0.1) is 23.5 Å². The molecule has 1 saturated heterocycles. The lowest BCUT2D eigenvalue weighted by molar-refractivity contribution is -0.117. The highest BCUT2D eigenvalue weighted by molar-refractivity contribution is 5.90. The molecule has 1 fully saturated rings. The number of nitrogens with one attached hydrogen (secondary N) is 2. The standard InChI is InChI=1S/C15H20F2N2O.ClH/c1-10(11-4-6-18-7-5-11)8-15(20)19-14-3-2-12(16)9-13(14)17;/h2-3,9-11,18H,4-8H2,1H3,(H,19,20);1H. The normalized spacial score (nSPS) is 16.9. The third-order valence-corrected chi connectivity index (χ3v) is 3.90. The van der Waals surface area contributed by atoms with Crippen LogP contribution in [0.25, 0.3) is 0 Å². The first kappa shape index (κ1) is 17.9. The number of amides is 1. The molecule has 1 aliphatic rings. The van der Waals surface area contributed by atoms with Gasteiger partial charge in [0.05, 0.1) is 5.69 Å². The van der Waals surface area contributed by atoms with Crippen LogP contribution in [-0.4, -0.2) is 19.0 Å². The molecule has 0 radical (unpaired) electrons. The smallest absolute Gasteiger partial charge is 0.224 e. The average Bonchev–Trinajstić information content (AvgIpc) is 2.43. The highest BCUT2D eigenvalue weighted by Gasteiger charge is 2.22. The molecular weight excluding hydrogens is 298 g/mol. The minimum Gasteiger partial charge on any atom is -0.324 e. The van der Waals surface area contributed by atoms with Crippen molar-refractivity contribution < 1.29 is 13.6 Å². The van der Waals surface area contributed by atoms with Crippen LogP contribution in [0.2, 0.25) is 0 Å². The average molecular weight is 319 g/mol. The molecule has 0 spiro atoms. The quantitative estimate of drug-likeness (QED) is 0.894.